The molecule has 6 heteroatoms. The van der Waals surface area contributed by atoms with E-state index in [2.05, 4.69) is 18.9 Å². The first-order valence-corrected chi connectivity index (χ1v) is 6.85. The fraction of sp³-hybridized carbons (Fsp3) is 0.714. The summed E-state index contributed by atoms with van der Waals surface area (Å²) in [6, 6.07) is 0. The Morgan fingerprint density at radius 1 is 1.10 bits per heavy atom. The highest BCUT2D eigenvalue weighted by atomic mass is 127. The van der Waals surface area contributed by atoms with E-state index in [1.165, 1.54) is 17.0 Å². The van der Waals surface area contributed by atoms with E-state index in [0.29, 0.717) is 6.54 Å². The van der Waals surface area contributed by atoms with E-state index in [1.807, 2.05) is 49.7 Å². The van der Waals surface area contributed by atoms with E-state index in [1.54, 1.807) is 0 Å². The van der Waals surface area contributed by atoms with Gasteiger partial charge in [0.05, 0.1) is 12.2 Å². The van der Waals surface area contributed by atoms with Gasteiger partial charge in [0, 0.05) is 46.5 Å². The first-order chi connectivity index (χ1) is 8.92. The van der Waals surface area contributed by atoms with Gasteiger partial charge in [-0.3, -0.25) is 4.68 Å². The Balaban J connectivity index is 0.00000361. The van der Waals surface area contributed by atoms with Crippen LogP contribution in [0.2, 0.25) is 0 Å². The van der Waals surface area contributed by atoms with Crippen molar-refractivity contribution in [2.75, 3.05) is 28.2 Å². The monoisotopic (exact) mass is 393 g/mol. The topological polar surface area (TPSA) is 36.7 Å². The van der Waals surface area contributed by atoms with Crippen LogP contribution in [0.4, 0.5) is 0 Å². The van der Waals surface area contributed by atoms with Crippen molar-refractivity contribution in [2.24, 2.45) is 12.0 Å². The van der Waals surface area contributed by atoms with Gasteiger partial charge in [-0.25, -0.2) is 4.99 Å². The van der Waals surface area contributed by atoms with Gasteiger partial charge in [-0.1, -0.05) is 13.8 Å². The number of aliphatic imine (C=N–C) groups is 1. The normalized spacial score (nSPS) is 9.95. The summed E-state index contributed by atoms with van der Waals surface area (Å²) in [5.41, 5.74) is 3.74. The summed E-state index contributed by atoms with van der Waals surface area (Å²) in [6.07, 6.45) is 1.95. The van der Waals surface area contributed by atoms with Gasteiger partial charge >= 0.3 is 0 Å². The van der Waals surface area contributed by atoms with Crippen molar-refractivity contribution in [1.29, 1.82) is 0 Å². The van der Waals surface area contributed by atoms with Crippen LogP contribution in [0.15, 0.2) is 4.99 Å². The molecule has 0 aliphatic carbocycles. The van der Waals surface area contributed by atoms with Crippen LogP contribution < -0.4 is 0 Å². The molecule has 0 radical (unpaired) electrons. The van der Waals surface area contributed by atoms with Crippen molar-refractivity contribution in [3.8, 4) is 0 Å². The van der Waals surface area contributed by atoms with Crippen LogP contribution in [-0.4, -0.2) is 53.7 Å². The molecule has 0 saturated heterocycles. The molecule has 20 heavy (non-hydrogen) atoms. The number of aryl methyl sites for hydroxylation is 2. The molecule has 0 unspecified atom stereocenters. The van der Waals surface area contributed by atoms with Gasteiger partial charge in [0.25, 0.3) is 0 Å². The Labute approximate surface area is 140 Å². The summed E-state index contributed by atoms with van der Waals surface area (Å²) >= 11 is 0. The fourth-order valence-electron chi connectivity index (χ4n) is 2.41. The minimum Gasteiger partial charge on any atom is -0.349 e. The number of rotatable bonds is 4. The van der Waals surface area contributed by atoms with Crippen LogP contribution in [0.25, 0.3) is 0 Å². The maximum Gasteiger partial charge on any atom is 0.195 e. The number of hydrogen-bond acceptors (Lipinski definition) is 2. The molecule has 0 aliphatic rings. The van der Waals surface area contributed by atoms with E-state index in [0.717, 1.165) is 18.8 Å². The predicted molar refractivity (Wildman–Crippen MR) is 95.9 cm³/mol. The van der Waals surface area contributed by atoms with Crippen LogP contribution in [-0.2, 0) is 26.4 Å². The fourth-order valence-corrected chi connectivity index (χ4v) is 2.41. The quantitative estimate of drug-likeness (QED) is 0.447. The highest BCUT2D eigenvalue weighted by Gasteiger charge is 2.14. The predicted octanol–water partition coefficient (Wildman–Crippen LogP) is 2.14. The second-order valence-electron chi connectivity index (χ2n) is 5.11. The molecule has 0 aliphatic heterocycles. The summed E-state index contributed by atoms with van der Waals surface area (Å²) in [4.78, 5) is 8.81. The summed E-state index contributed by atoms with van der Waals surface area (Å²) in [7, 11) is 10.1. The van der Waals surface area contributed by atoms with Crippen molar-refractivity contribution in [1.82, 2.24) is 19.6 Å². The lowest BCUT2D eigenvalue weighted by Gasteiger charge is -2.22. The molecule has 0 bridgehead atoms. The van der Waals surface area contributed by atoms with Gasteiger partial charge in [0.1, 0.15) is 0 Å². The van der Waals surface area contributed by atoms with Gasteiger partial charge in [0.15, 0.2) is 5.96 Å². The largest absolute Gasteiger partial charge is 0.349 e. The van der Waals surface area contributed by atoms with Crippen LogP contribution in [0.1, 0.15) is 30.8 Å². The molecule has 1 heterocycles. The van der Waals surface area contributed by atoms with Gasteiger partial charge in [-0.05, 0) is 12.8 Å². The molecule has 1 aromatic heterocycles. The van der Waals surface area contributed by atoms with Crippen molar-refractivity contribution < 1.29 is 0 Å². The maximum absolute atomic E-state index is 4.74. The molecule has 1 aromatic rings. The summed E-state index contributed by atoms with van der Waals surface area (Å²) in [5, 5.41) is 4.59. The van der Waals surface area contributed by atoms with Crippen LogP contribution >= 0.6 is 24.0 Å². The Bertz CT molecular complexity index is 439. The van der Waals surface area contributed by atoms with E-state index < -0.39 is 0 Å². The minimum absolute atomic E-state index is 0. The second kappa shape index (κ2) is 8.49. The molecular weight excluding hydrogens is 365 g/mol. The first kappa shape index (κ1) is 19.2. The minimum atomic E-state index is 0. The molecule has 0 aromatic carbocycles. The van der Waals surface area contributed by atoms with Gasteiger partial charge in [-0.15, -0.1) is 24.0 Å². The molecule has 0 spiro atoms. The zero-order valence-electron chi connectivity index (χ0n) is 13.8. The zero-order chi connectivity index (χ0) is 14.6. The van der Waals surface area contributed by atoms with E-state index in [-0.39, 0.29) is 24.0 Å². The number of hydrogen-bond donors (Lipinski definition) is 0. The van der Waals surface area contributed by atoms with E-state index in [4.69, 9.17) is 4.99 Å². The van der Waals surface area contributed by atoms with Crippen LogP contribution in [0.3, 0.4) is 0 Å². The average Bonchev–Trinajstić information content (AvgIpc) is 2.64. The lowest BCUT2D eigenvalue weighted by atomic mass is 10.1. The lowest BCUT2D eigenvalue weighted by Crippen LogP contribution is -2.35. The third-order valence-corrected chi connectivity index (χ3v) is 3.21. The summed E-state index contributed by atoms with van der Waals surface area (Å²) < 4.78 is 1.99. The molecule has 5 nitrogen and oxygen atoms in total. The maximum atomic E-state index is 4.74. The Morgan fingerprint density at radius 3 is 2.05 bits per heavy atom. The van der Waals surface area contributed by atoms with Crippen molar-refractivity contribution in [3.63, 3.8) is 0 Å². The van der Waals surface area contributed by atoms with Gasteiger partial charge in [-0.2, -0.15) is 5.10 Å². The summed E-state index contributed by atoms with van der Waals surface area (Å²) in [5.74, 6) is 0.980. The molecule has 0 atom stereocenters. The third-order valence-electron chi connectivity index (χ3n) is 3.21. The smallest absolute Gasteiger partial charge is 0.195 e. The highest BCUT2D eigenvalue weighted by molar-refractivity contribution is 14.0. The van der Waals surface area contributed by atoms with Crippen molar-refractivity contribution in [3.05, 3.63) is 17.0 Å². The lowest BCUT2D eigenvalue weighted by molar-refractivity contribution is 0.479. The molecule has 1 rings (SSSR count). The van der Waals surface area contributed by atoms with Gasteiger partial charge < -0.3 is 9.80 Å². The SMILES string of the molecule is CCc1nn(C)c(CC)c1CN=C(N(C)C)N(C)C.I. The molecule has 0 amide bonds. The van der Waals surface area contributed by atoms with Crippen LogP contribution in [0.5, 0.6) is 0 Å². The number of nitrogens with zero attached hydrogens (tertiary/aromatic N) is 5. The molecule has 116 valence electrons. The number of aromatic nitrogens is 2. The Hall–Kier alpha value is -0.790. The third kappa shape index (κ3) is 4.36. The highest BCUT2D eigenvalue weighted by Crippen LogP contribution is 2.16. The second-order valence-corrected chi connectivity index (χ2v) is 5.11. The summed E-state index contributed by atoms with van der Waals surface area (Å²) in [6.45, 7) is 5.02. The number of halogens is 1. The van der Waals surface area contributed by atoms with E-state index in [9.17, 15) is 0 Å². The molecule has 0 saturated carbocycles. The average molecular weight is 393 g/mol. The van der Waals surface area contributed by atoms with Crippen molar-refractivity contribution in [2.45, 2.75) is 33.2 Å². The first-order valence-electron chi connectivity index (χ1n) is 6.85. The standard InChI is InChI=1S/C14H27N5.HI/c1-8-12-11(13(9-2)19(7)16-12)10-15-14(17(3)4)18(5)6;/h8-10H2,1-7H3;1H. The number of guanidine groups is 1. The van der Waals surface area contributed by atoms with Gasteiger partial charge in [0.2, 0.25) is 0 Å². The Morgan fingerprint density at radius 2 is 1.65 bits per heavy atom. The van der Waals surface area contributed by atoms with Crippen LogP contribution in [0, 0.1) is 0 Å². The molecule has 0 fully saturated rings. The van der Waals surface area contributed by atoms with Crippen molar-refractivity contribution >= 4 is 29.9 Å². The molecule has 0 N–H and O–H groups in total. The van der Waals surface area contributed by atoms with E-state index >= 15 is 0 Å². The Kier molecular flexibility index (Phi) is 8.15. The zero-order valence-corrected chi connectivity index (χ0v) is 16.1. The molecular formula is C14H28IN5.